The molecule has 1 aromatic rings. The van der Waals surface area contributed by atoms with Gasteiger partial charge in [0.2, 0.25) is 0 Å². The zero-order valence-electron chi connectivity index (χ0n) is 11.3. The Balaban J connectivity index is 1.93. The van der Waals surface area contributed by atoms with Gasteiger partial charge in [0, 0.05) is 30.5 Å². The van der Waals surface area contributed by atoms with Gasteiger partial charge in [-0.2, -0.15) is 0 Å². The zero-order valence-corrected chi connectivity index (χ0v) is 12.0. The van der Waals surface area contributed by atoms with Gasteiger partial charge in [0.15, 0.2) is 5.78 Å². The number of nitrogens with zero attached hydrogens (tertiary/aromatic N) is 1. The van der Waals surface area contributed by atoms with Crippen LogP contribution in [0, 0.1) is 0 Å². The van der Waals surface area contributed by atoms with Gasteiger partial charge in [-0.05, 0) is 32.2 Å². The van der Waals surface area contributed by atoms with Crippen LogP contribution in [-0.4, -0.2) is 35.9 Å². The molecule has 0 radical (unpaired) electrons. The third-order valence-corrected chi connectivity index (χ3v) is 4.63. The van der Waals surface area contributed by atoms with Crippen LogP contribution in [0.4, 0.5) is 0 Å². The normalized spacial score (nSPS) is 31.1. The SMILES string of the molecule is CC1CC2(CCN1C)CC(=O)c1cc(Cl)ccc1O2. The molecular weight excluding hydrogens is 262 g/mol. The van der Waals surface area contributed by atoms with E-state index in [1.54, 1.807) is 12.1 Å². The molecule has 2 heterocycles. The molecule has 1 spiro atoms. The Bertz CT molecular complexity index is 531. The number of hydrogen-bond acceptors (Lipinski definition) is 3. The van der Waals surface area contributed by atoms with Crippen LogP contribution in [0.1, 0.15) is 36.5 Å². The van der Waals surface area contributed by atoms with Gasteiger partial charge < -0.3 is 9.64 Å². The van der Waals surface area contributed by atoms with E-state index in [4.69, 9.17) is 16.3 Å². The average Bonchev–Trinajstić information content (AvgIpc) is 2.36. The van der Waals surface area contributed by atoms with E-state index in [2.05, 4.69) is 18.9 Å². The van der Waals surface area contributed by atoms with Crippen LogP contribution in [0.15, 0.2) is 18.2 Å². The van der Waals surface area contributed by atoms with Crippen molar-refractivity contribution in [3.63, 3.8) is 0 Å². The lowest BCUT2D eigenvalue weighted by Crippen LogP contribution is -2.53. The molecule has 1 aromatic carbocycles. The summed E-state index contributed by atoms with van der Waals surface area (Å²) in [6.07, 6.45) is 2.28. The third kappa shape index (κ3) is 2.26. The van der Waals surface area contributed by atoms with Crippen molar-refractivity contribution in [1.29, 1.82) is 0 Å². The largest absolute Gasteiger partial charge is 0.486 e. The summed E-state index contributed by atoms with van der Waals surface area (Å²) in [7, 11) is 2.12. The standard InChI is InChI=1S/C15H18ClNO2/c1-10-8-15(5-6-17(10)2)9-13(18)12-7-11(16)3-4-14(12)19-15/h3-4,7,10H,5-6,8-9H2,1-2H3. The zero-order chi connectivity index (χ0) is 13.6. The first-order valence-electron chi connectivity index (χ1n) is 6.71. The van der Waals surface area contributed by atoms with Gasteiger partial charge in [0.1, 0.15) is 11.4 Å². The summed E-state index contributed by atoms with van der Waals surface area (Å²) >= 11 is 5.95. The fourth-order valence-electron chi connectivity index (χ4n) is 3.12. The van der Waals surface area contributed by atoms with Gasteiger partial charge in [-0.1, -0.05) is 11.6 Å². The minimum absolute atomic E-state index is 0.153. The molecule has 2 unspecified atom stereocenters. The van der Waals surface area contributed by atoms with Gasteiger partial charge in [0.25, 0.3) is 0 Å². The lowest BCUT2D eigenvalue weighted by molar-refractivity contribution is -0.0228. The Hall–Kier alpha value is -1.06. The van der Waals surface area contributed by atoms with Crippen molar-refractivity contribution in [3.8, 4) is 5.75 Å². The molecule has 2 aliphatic rings. The number of carbonyl (C=O) groups is 1. The molecule has 2 aliphatic heterocycles. The number of likely N-dealkylation sites (tertiary alicyclic amines) is 1. The molecule has 0 aromatic heterocycles. The summed E-state index contributed by atoms with van der Waals surface area (Å²) < 4.78 is 6.20. The first kappa shape index (κ1) is 12.9. The van der Waals surface area contributed by atoms with Gasteiger partial charge in [-0.3, -0.25) is 4.79 Å². The maximum Gasteiger partial charge on any atom is 0.170 e. The van der Waals surface area contributed by atoms with Crippen LogP contribution in [0.2, 0.25) is 5.02 Å². The number of carbonyl (C=O) groups excluding carboxylic acids is 1. The Morgan fingerprint density at radius 1 is 1.47 bits per heavy atom. The second kappa shape index (κ2) is 4.50. The first-order chi connectivity index (χ1) is 8.99. The van der Waals surface area contributed by atoms with E-state index in [1.807, 2.05) is 6.07 Å². The molecule has 102 valence electrons. The predicted octanol–water partition coefficient (Wildman–Crippen LogP) is 3.16. The monoisotopic (exact) mass is 279 g/mol. The van der Waals surface area contributed by atoms with E-state index < -0.39 is 0 Å². The average molecular weight is 280 g/mol. The number of ether oxygens (including phenoxy) is 1. The highest BCUT2D eigenvalue weighted by Gasteiger charge is 2.44. The highest BCUT2D eigenvalue weighted by atomic mass is 35.5. The maximum absolute atomic E-state index is 12.3. The van der Waals surface area contributed by atoms with Crippen LogP contribution >= 0.6 is 11.6 Å². The molecule has 0 bridgehead atoms. The molecule has 3 rings (SSSR count). The fourth-order valence-corrected chi connectivity index (χ4v) is 3.29. The molecule has 0 N–H and O–H groups in total. The van der Waals surface area contributed by atoms with Crippen LogP contribution in [-0.2, 0) is 0 Å². The number of fused-ring (bicyclic) bond motifs is 1. The highest BCUT2D eigenvalue weighted by molar-refractivity contribution is 6.31. The summed E-state index contributed by atoms with van der Waals surface area (Å²) in [6, 6.07) is 5.75. The van der Waals surface area contributed by atoms with E-state index >= 15 is 0 Å². The molecule has 19 heavy (non-hydrogen) atoms. The fraction of sp³-hybridized carbons (Fsp3) is 0.533. The van der Waals surface area contributed by atoms with Crippen molar-refractivity contribution in [2.24, 2.45) is 0 Å². The number of halogens is 1. The summed E-state index contributed by atoms with van der Waals surface area (Å²) in [5.41, 5.74) is 0.314. The first-order valence-corrected chi connectivity index (χ1v) is 7.09. The Labute approximate surface area is 118 Å². The molecule has 2 atom stereocenters. The summed E-state index contributed by atoms with van der Waals surface area (Å²) in [5, 5.41) is 0.586. The van der Waals surface area contributed by atoms with Crippen molar-refractivity contribution in [2.75, 3.05) is 13.6 Å². The van der Waals surface area contributed by atoms with Crippen molar-refractivity contribution in [2.45, 2.75) is 37.8 Å². The number of hydrogen-bond donors (Lipinski definition) is 0. The van der Waals surface area contributed by atoms with E-state index in [0.717, 1.165) is 19.4 Å². The third-order valence-electron chi connectivity index (χ3n) is 4.39. The van der Waals surface area contributed by atoms with E-state index in [0.29, 0.717) is 28.8 Å². The lowest BCUT2D eigenvalue weighted by atomic mass is 9.80. The van der Waals surface area contributed by atoms with Gasteiger partial charge in [-0.15, -0.1) is 0 Å². The minimum Gasteiger partial charge on any atom is -0.486 e. The number of rotatable bonds is 0. The Kier molecular flexibility index (Phi) is 3.06. The summed E-state index contributed by atoms with van der Waals surface area (Å²) in [5.74, 6) is 0.845. The quantitative estimate of drug-likeness (QED) is 0.731. The van der Waals surface area contributed by atoms with Gasteiger partial charge in [0.05, 0.1) is 12.0 Å². The number of ketones is 1. The molecule has 0 saturated carbocycles. The second-order valence-corrected chi connectivity index (χ2v) is 6.25. The van der Waals surface area contributed by atoms with Crippen molar-refractivity contribution < 1.29 is 9.53 Å². The maximum atomic E-state index is 12.3. The van der Waals surface area contributed by atoms with Crippen molar-refractivity contribution in [3.05, 3.63) is 28.8 Å². The number of piperidine rings is 1. The molecule has 3 nitrogen and oxygen atoms in total. The van der Waals surface area contributed by atoms with Crippen molar-refractivity contribution in [1.82, 2.24) is 4.90 Å². The van der Waals surface area contributed by atoms with Gasteiger partial charge >= 0.3 is 0 Å². The van der Waals surface area contributed by atoms with E-state index in [-0.39, 0.29) is 11.4 Å². The van der Waals surface area contributed by atoms with Crippen LogP contribution in [0.3, 0.4) is 0 Å². The Morgan fingerprint density at radius 3 is 3.00 bits per heavy atom. The smallest absolute Gasteiger partial charge is 0.170 e. The van der Waals surface area contributed by atoms with Crippen molar-refractivity contribution >= 4 is 17.4 Å². The number of benzene rings is 1. The van der Waals surface area contributed by atoms with E-state index in [1.165, 1.54) is 0 Å². The number of Topliss-reactive ketones (excluding diaryl/α,β-unsaturated/α-hetero) is 1. The highest BCUT2D eigenvalue weighted by Crippen LogP contribution is 2.41. The summed E-state index contributed by atoms with van der Waals surface area (Å²) in [6.45, 7) is 3.16. The Morgan fingerprint density at radius 2 is 2.26 bits per heavy atom. The molecule has 0 aliphatic carbocycles. The van der Waals surface area contributed by atoms with Crippen LogP contribution < -0.4 is 4.74 Å². The van der Waals surface area contributed by atoms with Crippen LogP contribution in [0.5, 0.6) is 5.75 Å². The molecule has 4 heteroatoms. The lowest BCUT2D eigenvalue weighted by Gasteiger charge is -2.46. The second-order valence-electron chi connectivity index (χ2n) is 5.81. The molecule has 0 amide bonds. The molecular formula is C15H18ClNO2. The molecule has 1 saturated heterocycles. The van der Waals surface area contributed by atoms with Gasteiger partial charge in [-0.25, -0.2) is 0 Å². The van der Waals surface area contributed by atoms with E-state index in [9.17, 15) is 4.79 Å². The summed E-state index contributed by atoms with van der Waals surface area (Å²) in [4.78, 5) is 14.7. The predicted molar refractivity (Wildman–Crippen MR) is 75.1 cm³/mol. The minimum atomic E-state index is -0.316. The van der Waals surface area contributed by atoms with Crippen LogP contribution in [0.25, 0.3) is 0 Å². The molecule has 1 fully saturated rings. The topological polar surface area (TPSA) is 29.5 Å².